The maximum Gasteiger partial charge on any atom is 0.329 e. The minimum Gasteiger partial charge on any atom is -0.480 e. The van der Waals surface area contributed by atoms with Crippen molar-refractivity contribution in [2.45, 2.75) is 45.6 Å². The van der Waals surface area contributed by atoms with Crippen LogP contribution in [0.5, 0.6) is 0 Å². The van der Waals surface area contributed by atoms with E-state index in [1.165, 1.54) is 4.90 Å². The summed E-state index contributed by atoms with van der Waals surface area (Å²) in [6.45, 7) is 5.41. The van der Waals surface area contributed by atoms with E-state index in [1.54, 1.807) is 13.8 Å². The molecule has 1 amide bonds. The number of carbonyl (C=O) groups excluding carboxylic acids is 1. The predicted molar refractivity (Wildman–Crippen MR) is 65.6 cm³/mol. The average Bonchev–Trinajstić information content (AvgIpc) is 2.30. The fourth-order valence-corrected chi connectivity index (χ4v) is 2.18. The predicted octanol–water partition coefficient (Wildman–Crippen LogP) is 2.05. The molecule has 0 heterocycles. The number of amides is 1. The SMILES string of the molecule is CCN(C(=O)C1CC=CCC1)C(C)(C)C(=O)O. The lowest BCUT2D eigenvalue weighted by molar-refractivity contribution is -0.158. The van der Waals surface area contributed by atoms with Gasteiger partial charge < -0.3 is 10.0 Å². The van der Waals surface area contributed by atoms with Crippen molar-refractivity contribution in [3.63, 3.8) is 0 Å². The molecule has 1 aliphatic carbocycles. The van der Waals surface area contributed by atoms with Gasteiger partial charge in [0.15, 0.2) is 0 Å². The van der Waals surface area contributed by atoms with Gasteiger partial charge in [-0.1, -0.05) is 12.2 Å². The summed E-state index contributed by atoms with van der Waals surface area (Å²) in [5, 5.41) is 9.18. The van der Waals surface area contributed by atoms with Crippen molar-refractivity contribution in [2.75, 3.05) is 6.54 Å². The molecule has 0 aromatic carbocycles. The van der Waals surface area contributed by atoms with Crippen molar-refractivity contribution in [3.8, 4) is 0 Å². The van der Waals surface area contributed by atoms with Gasteiger partial charge in [-0.25, -0.2) is 4.79 Å². The number of aliphatic carboxylic acids is 1. The molecule has 1 rings (SSSR count). The molecular weight excluding hydrogens is 218 g/mol. The van der Waals surface area contributed by atoms with Crippen LogP contribution in [0.15, 0.2) is 12.2 Å². The number of carboxylic acid groups (broad SMARTS) is 1. The van der Waals surface area contributed by atoms with E-state index in [4.69, 9.17) is 0 Å². The first-order valence-electron chi connectivity index (χ1n) is 6.11. The minimum atomic E-state index is -1.13. The number of hydrogen-bond donors (Lipinski definition) is 1. The fraction of sp³-hybridized carbons (Fsp3) is 0.692. The zero-order chi connectivity index (χ0) is 13.1. The molecule has 0 radical (unpaired) electrons. The summed E-state index contributed by atoms with van der Waals surface area (Å²) in [6, 6.07) is 0. The van der Waals surface area contributed by atoms with Crippen molar-refractivity contribution in [2.24, 2.45) is 5.92 Å². The second-order valence-electron chi connectivity index (χ2n) is 4.93. The molecule has 0 aromatic rings. The molecule has 0 spiro atoms. The van der Waals surface area contributed by atoms with E-state index in [9.17, 15) is 14.7 Å². The third kappa shape index (κ3) is 2.87. The van der Waals surface area contributed by atoms with Gasteiger partial charge in [-0.15, -0.1) is 0 Å². The lowest BCUT2D eigenvalue weighted by atomic mass is 9.91. The van der Waals surface area contributed by atoms with Gasteiger partial charge in [-0.3, -0.25) is 4.79 Å². The van der Waals surface area contributed by atoms with Crippen LogP contribution < -0.4 is 0 Å². The van der Waals surface area contributed by atoms with Crippen LogP contribution in [0.2, 0.25) is 0 Å². The van der Waals surface area contributed by atoms with Crippen molar-refractivity contribution in [1.29, 1.82) is 0 Å². The Morgan fingerprint density at radius 2 is 2.06 bits per heavy atom. The van der Waals surface area contributed by atoms with Crippen LogP contribution in [0.4, 0.5) is 0 Å². The van der Waals surface area contributed by atoms with Gasteiger partial charge in [0, 0.05) is 12.5 Å². The Hall–Kier alpha value is -1.32. The van der Waals surface area contributed by atoms with E-state index in [1.807, 2.05) is 13.0 Å². The van der Waals surface area contributed by atoms with Crippen LogP contribution in [0.25, 0.3) is 0 Å². The van der Waals surface area contributed by atoms with Gasteiger partial charge in [-0.05, 0) is 40.0 Å². The van der Waals surface area contributed by atoms with Crippen molar-refractivity contribution < 1.29 is 14.7 Å². The zero-order valence-electron chi connectivity index (χ0n) is 10.8. The summed E-state index contributed by atoms with van der Waals surface area (Å²) in [4.78, 5) is 25.0. The summed E-state index contributed by atoms with van der Waals surface area (Å²) >= 11 is 0. The molecule has 0 bridgehead atoms. The smallest absolute Gasteiger partial charge is 0.329 e. The molecule has 17 heavy (non-hydrogen) atoms. The Kier molecular flexibility index (Phi) is 4.32. The molecule has 0 saturated heterocycles. The van der Waals surface area contributed by atoms with Crippen LogP contribution in [0.3, 0.4) is 0 Å². The second-order valence-corrected chi connectivity index (χ2v) is 4.93. The topological polar surface area (TPSA) is 57.6 Å². The number of allylic oxidation sites excluding steroid dienone is 2. The maximum absolute atomic E-state index is 12.3. The number of nitrogens with zero attached hydrogens (tertiary/aromatic N) is 1. The average molecular weight is 239 g/mol. The lowest BCUT2D eigenvalue weighted by Crippen LogP contribution is -2.54. The Balaban J connectivity index is 2.83. The number of carboxylic acids is 1. The van der Waals surface area contributed by atoms with Crippen molar-refractivity contribution >= 4 is 11.9 Å². The lowest BCUT2D eigenvalue weighted by Gasteiger charge is -2.37. The molecule has 0 fully saturated rings. The van der Waals surface area contributed by atoms with Crippen LogP contribution >= 0.6 is 0 Å². The van der Waals surface area contributed by atoms with E-state index in [0.717, 1.165) is 19.3 Å². The third-order valence-corrected chi connectivity index (χ3v) is 3.40. The second kappa shape index (κ2) is 5.34. The Labute approximate surface area is 102 Å². The fourth-order valence-electron chi connectivity index (χ4n) is 2.18. The van der Waals surface area contributed by atoms with E-state index in [2.05, 4.69) is 6.08 Å². The van der Waals surface area contributed by atoms with Gasteiger partial charge >= 0.3 is 5.97 Å². The summed E-state index contributed by atoms with van der Waals surface area (Å²) in [5.41, 5.74) is -1.13. The third-order valence-electron chi connectivity index (χ3n) is 3.40. The minimum absolute atomic E-state index is 0.0377. The summed E-state index contributed by atoms with van der Waals surface area (Å²) in [7, 11) is 0. The molecule has 1 unspecified atom stereocenters. The Morgan fingerprint density at radius 1 is 1.41 bits per heavy atom. The highest BCUT2D eigenvalue weighted by molar-refractivity contribution is 5.87. The van der Waals surface area contributed by atoms with Crippen LogP contribution in [0, 0.1) is 5.92 Å². The van der Waals surface area contributed by atoms with Gasteiger partial charge in [-0.2, -0.15) is 0 Å². The first-order valence-corrected chi connectivity index (χ1v) is 6.11. The van der Waals surface area contributed by atoms with E-state index < -0.39 is 11.5 Å². The van der Waals surface area contributed by atoms with Crippen molar-refractivity contribution in [3.05, 3.63) is 12.2 Å². The monoisotopic (exact) mass is 239 g/mol. The number of likely N-dealkylation sites (N-methyl/N-ethyl adjacent to an activating group) is 1. The largest absolute Gasteiger partial charge is 0.480 e. The maximum atomic E-state index is 12.3. The molecule has 4 nitrogen and oxygen atoms in total. The highest BCUT2D eigenvalue weighted by Crippen LogP contribution is 2.24. The highest BCUT2D eigenvalue weighted by Gasteiger charge is 2.39. The van der Waals surface area contributed by atoms with E-state index in [0.29, 0.717) is 6.54 Å². The Bertz CT molecular complexity index is 334. The quantitative estimate of drug-likeness (QED) is 0.764. The molecule has 4 heteroatoms. The van der Waals surface area contributed by atoms with Gasteiger partial charge in [0.2, 0.25) is 5.91 Å². The number of hydrogen-bond acceptors (Lipinski definition) is 2. The number of rotatable bonds is 4. The molecule has 0 saturated carbocycles. The van der Waals surface area contributed by atoms with Gasteiger partial charge in [0.05, 0.1) is 0 Å². The standard InChI is InChI=1S/C13H21NO3/c1-4-14(13(2,3)12(16)17)11(15)10-8-6-5-7-9-10/h5-6,10H,4,7-9H2,1-3H3,(H,16,17). The molecule has 1 atom stereocenters. The molecular formula is C13H21NO3. The van der Waals surface area contributed by atoms with Crippen LogP contribution in [-0.4, -0.2) is 34.0 Å². The van der Waals surface area contributed by atoms with Crippen molar-refractivity contribution in [1.82, 2.24) is 4.90 Å². The first-order chi connectivity index (χ1) is 7.91. The normalized spacial score (nSPS) is 20.1. The zero-order valence-corrected chi connectivity index (χ0v) is 10.8. The van der Waals surface area contributed by atoms with Crippen LogP contribution in [-0.2, 0) is 9.59 Å². The molecule has 0 aliphatic heterocycles. The number of carbonyl (C=O) groups is 2. The summed E-state index contributed by atoms with van der Waals surface area (Å²) in [6.07, 6.45) is 6.53. The molecule has 96 valence electrons. The summed E-state index contributed by atoms with van der Waals surface area (Å²) < 4.78 is 0. The van der Waals surface area contributed by atoms with Gasteiger partial charge in [0.1, 0.15) is 5.54 Å². The van der Waals surface area contributed by atoms with Crippen LogP contribution in [0.1, 0.15) is 40.0 Å². The summed E-state index contributed by atoms with van der Waals surface area (Å²) in [5.74, 6) is -1.05. The molecule has 1 N–H and O–H groups in total. The molecule has 0 aromatic heterocycles. The van der Waals surface area contributed by atoms with E-state index >= 15 is 0 Å². The first kappa shape index (κ1) is 13.7. The van der Waals surface area contributed by atoms with Gasteiger partial charge in [0.25, 0.3) is 0 Å². The Morgan fingerprint density at radius 3 is 2.47 bits per heavy atom. The van der Waals surface area contributed by atoms with E-state index in [-0.39, 0.29) is 11.8 Å². The highest BCUT2D eigenvalue weighted by atomic mass is 16.4. The molecule has 1 aliphatic rings.